The SMILES string of the molecule is CCC(C)C(O)CC1CCSCC1. The van der Waals surface area contributed by atoms with E-state index in [0.717, 1.165) is 18.8 Å². The average Bonchev–Trinajstić information content (AvgIpc) is 2.18. The molecule has 1 aliphatic heterocycles. The van der Waals surface area contributed by atoms with Gasteiger partial charge in [0.25, 0.3) is 0 Å². The Kier molecular flexibility index (Phi) is 5.18. The number of aliphatic hydroxyl groups excluding tert-OH is 1. The third-order valence-corrected chi connectivity index (χ3v) is 4.27. The molecule has 1 heterocycles. The number of thioether (sulfide) groups is 1. The van der Waals surface area contributed by atoms with Crippen LogP contribution in [0.25, 0.3) is 0 Å². The van der Waals surface area contributed by atoms with Crippen molar-refractivity contribution in [2.24, 2.45) is 11.8 Å². The van der Waals surface area contributed by atoms with Gasteiger partial charge in [0.05, 0.1) is 6.10 Å². The first-order valence-corrected chi connectivity index (χ1v) is 6.65. The molecule has 78 valence electrons. The summed E-state index contributed by atoms with van der Waals surface area (Å²) < 4.78 is 0. The van der Waals surface area contributed by atoms with Crippen LogP contribution in [0.15, 0.2) is 0 Å². The Morgan fingerprint density at radius 2 is 2.00 bits per heavy atom. The molecule has 0 aliphatic carbocycles. The zero-order valence-electron chi connectivity index (χ0n) is 8.83. The van der Waals surface area contributed by atoms with Crippen molar-refractivity contribution in [3.05, 3.63) is 0 Å². The summed E-state index contributed by atoms with van der Waals surface area (Å²) in [7, 11) is 0. The van der Waals surface area contributed by atoms with E-state index >= 15 is 0 Å². The molecular formula is C11H22OS. The molecule has 0 bridgehead atoms. The summed E-state index contributed by atoms with van der Waals surface area (Å²) in [6.45, 7) is 4.31. The normalized spacial score (nSPS) is 24.2. The minimum Gasteiger partial charge on any atom is -0.393 e. The lowest BCUT2D eigenvalue weighted by atomic mass is 9.89. The van der Waals surface area contributed by atoms with E-state index in [1.807, 2.05) is 0 Å². The predicted molar refractivity (Wildman–Crippen MR) is 60.1 cm³/mol. The van der Waals surface area contributed by atoms with Crippen molar-refractivity contribution in [1.82, 2.24) is 0 Å². The lowest BCUT2D eigenvalue weighted by Crippen LogP contribution is -2.23. The Hall–Kier alpha value is 0.310. The summed E-state index contributed by atoms with van der Waals surface area (Å²) in [5.74, 6) is 3.88. The Labute approximate surface area is 86.3 Å². The first kappa shape index (κ1) is 11.4. The molecule has 1 saturated heterocycles. The van der Waals surface area contributed by atoms with Gasteiger partial charge in [0, 0.05) is 0 Å². The van der Waals surface area contributed by atoms with E-state index in [1.54, 1.807) is 0 Å². The van der Waals surface area contributed by atoms with Crippen molar-refractivity contribution < 1.29 is 5.11 Å². The Bertz CT molecular complexity index is 132. The van der Waals surface area contributed by atoms with Crippen LogP contribution >= 0.6 is 11.8 Å². The van der Waals surface area contributed by atoms with E-state index in [2.05, 4.69) is 25.6 Å². The van der Waals surface area contributed by atoms with Gasteiger partial charge in [0.2, 0.25) is 0 Å². The molecule has 0 spiro atoms. The monoisotopic (exact) mass is 202 g/mol. The second-order valence-electron chi connectivity index (χ2n) is 4.24. The van der Waals surface area contributed by atoms with Gasteiger partial charge in [-0.05, 0) is 42.6 Å². The zero-order valence-corrected chi connectivity index (χ0v) is 9.65. The van der Waals surface area contributed by atoms with Crippen LogP contribution in [0.1, 0.15) is 39.5 Å². The zero-order chi connectivity index (χ0) is 9.68. The first-order valence-electron chi connectivity index (χ1n) is 5.49. The van der Waals surface area contributed by atoms with Crippen LogP contribution in [0.5, 0.6) is 0 Å². The van der Waals surface area contributed by atoms with Gasteiger partial charge in [-0.25, -0.2) is 0 Å². The number of aliphatic hydroxyl groups is 1. The number of hydrogen-bond acceptors (Lipinski definition) is 2. The lowest BCUT2D eigenvalue weighted by Gasteiger charge is -2.26. The van der Waals surface area contributed by atoms with Gasteiger partial charge in [0.1, 0.15) is 0 Å². The van der Waals surface area contributed by atoms with Gasteiger partial charge in [-0.2, -0.15) is 11.8 Å². The van der Waals surface area contributed by atoms with Crippen molar-refractivity contribution in [3.63, 3.8) is 0 Å². The molecule has 1 N–H and O–H groups in total. The molecule has 2 atom stereocenters. The number of rotatable bonds is 4. The highest BCUT2D eigenvalue weighted by Gasteiger charge is 2.20. The maximum atomic E-state index is 9.86. The van der Waals surface area contributed by atoms with E-state index < -0.39 is 0 Å². The molecule has 1 nitrogen and oxygen atoms in total. The van der Waals surface area contributed by atoms with Gasteiger partial charge in [0.15, 0.2) is 0 Å². The summed E-state index contributed by atoms with van der Waals surface area (Å²) in [6, 6.07) is 0. The van der Waals surface area contributed by atoms with Gasteiger partial charge < -0.3 is 5.11 Å². The van der Waals surface area contributed by atoms with Crippen molar-refractivity contribution >= 4 is 11.8 Å². The van der Waals surface area contributed by atoms with Gasteiger partial charge >= 0.3 is 0 Å². The highest BCUT2D eigenvalue weighted by molar-refractivity contribution is 7.99. The smallest absolute Gasteiger partial charge is 0.0568 e. The molecule has 0 aromatic heterocycles. The molecule has 2 heteroatoms. The maximum absolute atomic E-state index is 9.86. The molecule has 0 aromatic carbocycles. The molecule has 0 aromatic rings. The topological polar surface area (TPSA) is 20.2 Å². The largest absolute Gasteiger partial charge is 0.393 e. The van der Waals surface area contributed by atoms with Gasteiger partial charge in [-0.1, -0.05) is 20.3 Å². The van der Waals surface area contributed by atoms with E-state index in [-0.39, 0.29) is 6.10 Å². The average molecular weight is 202 g/mol. The van der Waals surface area contributed by atoms with Gasteiger partial charge in [-0.15, -0.1) is 0 Å². The molecule has 0 radical (unpaired) electrons. The van der Waals surface area contributed by atoms with Crippen molar-refractivity contribution in [3.8, 4) is 0 Å². The predicted octanol–water partition coefficient (Wildman–Crippen LogP) is 2.93. The van der Waals surface area contributed by atoms with Gasteiger partial charge in [-0.3, -0.25) is 0 Å². The molecule has 1 aliphatic rings. The molecule has 13 heavy (non-hydrogen) atoms. The third kappa shape index (κ3) is 3.90. The Balaban J connectivity index is 2.21. The summed E-state index contributed by atoms with van der Waals surface area (Å²) in [6.07, 6.45) is 4.72. The van der Waals surface area contributed by atoms with E-state index in [4.69, 9.17) is 0 Å². The fourth-order valence-electron chi connectivity index (χ4n) is 1.83. The van der Waals surface area contributed by atoms with Crippen molar-refractivity contribution in [2.45, 2.75) is 45.6 Å². The molecule has 1 fully saturated rings. The molecule has 0 saturated carbocycles. The van der Waals surface area contributed by atoms with Crippen LogP contribution in [0, 0.1) is 11.8 Å². The fraction of sp³-hybridized carbons (Fsp3) is 1.00. The molecule has 0 amide bonds. The third-order valence-electron chi connectivity index (χ3n) is 3.22. The first-order chi connectivity index (χ1) is 6.24. The minimum absolute atomic E-state index is 0.0573. The quantitative estimate of drug-likeness (QED) is 0.756. The standard InChI is InChI=1S/C11H22OS/c1-3-9(2)11(12)8-10-4-6-13-7-5-10/h9-12H,3-8H2,1-2H3. The Morgan fingerprint density at radius 3 is 2.54 bits per heavy atom. The summed E-state index contributed by atoms with van der Waals surface area (Å²) in [4.78, 5) is 0. The van der Waals surface area contributed by atoms with Crippen molar-refractivity contribution in [1.29, 1.82) is 0 Å². The number of hydrogen-bond donors (Lipinski definition) is 1. The summed E-state index contributed by atoms with van der Waals surface area (Å²) in [5.41, 5.74) is 0. The van der Waals surface area contributed by atoms with E-state index in [1.165, 1.54) is 24.3 Å². The van der Waals surface area contributed by atoms with Crippen LogP contribution in [-0.4, -0.2) is 22.7 Å². The van der Waals surface area contributed by atoms with Crippen LogP contribution < -0.4 is 0 Å². The Morgan fingerprint density at radius 1 is 1.38 bits per heavy atom. The second kappa shape index (κ2) is 5.92. The van der Waals surface area contributed by atoms with E-state index in [9.17, 15) is 5.11 Å². The lowest BCUT2D eigenvalue weighted by molar-refractivity contribution is 0.0858. The fourth-order valence-corrected chi connectivity index (χ4v) is 3.03. The van der Waals surface area contributed by atoms with Crippen molar-refractivity contribution in [2.75, 3.05) is 11.5 Å². The van der Waals surface area contributed by atoms with Crippen LogP contribution in [0.3, 0.4) is 0 Å². The summed E-state index contributed by atoms with van der Waals surface area (Å²) in [5, 5.41) is 9.86. The maximum Gasteiger partial charge on any atom is 0.0568 e. The summed E-state index contributed by atoms with van der Waals surface area (Å²) >= 11 is 2.06. The highest BCUT2D eigenvalue weighted by Crippen LogP contribution is 2.28. The molecule has 1 rings (SSSR count). The van der Waals surface area contributed by atoms with E-state index in [0.29, 0.717) is 5.92 Å². The molecular weight excluding hydrogens is 180 g/mol. The molecule has 2 unspecified atom stereocenters. The van der Waals surface area contributed by atoms with Crippen LogP contribution in [-0.2, 0) is 0 Å². The van der Waals surface area contributed by atoms with Crippen LogP contribution in [0.4, 0.5) is 0 Å². The second-order valence-corrected chi connectivity index (χ2v) is 5.47. The van der Waals surface area contributed by atoms with Crippen LogP contribution in [0.2, 0.25) is 0 Å². The highest BCUT2D eigenvalue weighted by atomic mass is 32.2. The minimum atomic E-state index is -0.0573.